The number of rotatable bonds is 3. The minimum absolute atomic E-state index is 0.219. The molecule has 0 saturated carbocycles. The van der Waals surface area contributed by atoms with Gasteiger partial charge in [-0.3, -0.25) is 0 Å². The molecule has 0 radical (unpaired) electrons. The molecule has 6 heteroatoms. The molecule has 2 heterocycles. The summed E-state index contributed by atoms with van der Waals surface area (Å²) in [5.74, 6) is 1.34. The molecule has 3 rings (SSSR count). The predicted octanol–water partition coefficient (Wildman–Crippen LogP) is 0.973. The Morgan fingerprint density at radius 2 is 2.16 bits per heavy atom. The summed E-state index contributed by atoms with van der Waals surface area (Å²) in [7, 11) is 0. The fourth-order valence-electron chi connectivity index (χ4n) is 2.03. The summed E-state index contributed by atoms with van der Waals surface area (Å²) in [5, 5.41) is 16.5. The predicted molar refractivity (Wildman–Crippen MR) is 67.7 cm³/mol. The lowest BCUT2D eigenvalue weighted by Gasteiger charge is -2.22. The molecule has 1 aliphatic heterocycles. The standard InChI is InChI=1S/C13H15N3O3/c17-11-3-1-9(2-4-11)13-15-12(19-16-13)7-10-8-18-6-5-14-10/h1-4,10,14,17H,5-8H2. The maximum Gasteiger partial charge on any atom is 0.228 e. The third-order valence-corrected chi connectivity index (χ3v) is 3.01. The van der Waals surface area contributed by atoms with Crippen molar-refractivity contribution in [2.75, 3.05) is 19.8 Å². The van der Waals surface area contributed by atoms with E-state index >= 15 is 0 Å². The Bertz CT molecular complexity index is 532. The number of nitrogens with zero attached hydrogens (tertiary/aromatic N) is 2. The minimum atomic E-state index is 0.219. The molecule has 2 N–H and O–H groups in total. The summed E-state index contributed by atoms with van der Waals surface area (Å²) in [5.41, 5.74) is 0.820. The SMILES string of the molecule is Oc1ccc(-c2noc(CC3COCCN3)n2)cc1. The first-order valence-corrected chi connectivity index (χ1v) is 6.24. The van der Waals surface area contributed by atoms with Gasteiger partial charge in [0, 0.05) is 24.6 Å². The average molecular weight is 261 g/mol. The molecule has 19 heavy (non-hydrogen) atoms. The maximum absolute atomic E-state index is 9.24. The summed E-state index contributed by atoms with van der Waals surface area (Å²) < 4.78 is 10.6. The second-order valence-corrected chi connectivity index (χ2v) is 4.49. The van der Waals surface area contributed by atoms with Gasteiger partial charge >= 0.3 is 0 Å². The second kappa shape index (κ2) is 5.38. The molecule has 1 saturated heterocycles. The zero-order valence-electron chi connectivity index (χ0n) is 10.4. The van der Waals surface area contributed by atoms with Crippen LogP contribution in [-0.4, -0.2) is 41.0 Å². The number of aromatic hydroxyl groups is 1. The van der Waals surface area contributed by atoms with Gasteiger partial charge in [-0.15, -0.1) is 0 Å². The van der Waals surface area contributed by atoms with E-state index < -0.39 is 0 Å². The van der Waals surface area contributed by atoms with E-state index in [0.29, 0.717) is 24.7 Å². The first-order valence-electron chi connectivity index (χ1n) is 6.24. The second-order valence-electron chi connectivity index (χ2n) is 4.49. The van der Waals surface area contributed by atoms with Gasteiger partial charge in [0.2, 0.25) is 11.7 Å². The van der Waals surface area contributed by atoms with Gasteiger partial charge in [0.25, 0.3) is 0 Å². The lowest BCUT2D eigenvalue weighted by molar-refractivity contribution is 0.0744. The Balaban J connectivity index is 1.70. The number of ether oxygens (including phenoxy) is 1. The molecular formula is C13H15N3O3. The molecule has 1 fully saturated rings. The quantitative estimate of drug-likeness (QED) is 0.857. The molecule has 6 nitrogen and oxygen atoms in total. The van der Waals surface area contributed by atoms with E-state index in [1.54, 1.807) is 24.3 Å². The summed E-state index contributed by atoms with van der Waals surface area (Å²) in [6, 6.07) is 6.93. The molecule has 0 amide bonds. The Kier molecular flexibility index (Phi) is 3.43. The van der Waals surface area contributed by atoms with E-state index in [4.69, 9.17) is 9.26 Å². The van der Waals surface area contributed by atoms with E-state index in [-0.39, 0.29) is 11.8 Å². The van der Waals surface area contributed by atoms with E-state index in [2.05, 4.69) is 15.5 Å². The molecule has 1 aliphatic rings. The van der Waals surface area contributed by atoms with Crippen molar-refractivity contribution < 1.29 is 14.4 Å². The Labute approximate surface area is 110 Å². The van der Waals surface area contributed by atoms with Crippen LogP contribution in [0.3, 0.4) is 0 Å². The van der Waals surface area contributed by atoms with Crippen molar-refractivity contribution in [3.8, 4) is 17.1 Å². The van der Waals surface area contributed by atoms with Crippen LogP contribution in [0, 0.1) is 0 Å². The van der Waals surface area contributed by atoms with E-state index in [9.17, 15) is 5.11 Å². The van der Waals surface area contributed by atoms with Crippen LogP contribution in [0.2, 0.25) is 0 Å². The number of nitrogens with one attached hydrogen (secondary N) is 1. The van der Waals surface area contributed by atoms with Crippen molar-refractivity contribution in [1.82, 2.24) is 15.5 Å². The zero-order chi connectivity index (χ0) is 13.1. The number of phenols is 1. The third-order valence-electron chi connectivity index (χ3n) is 3.01. The van der Waals surface area contributed by atoms with Crippen LogP contribution in [0.4, 0.5) is 0 Å². The van der Waals surface area contributed by atoms with Crippen molar-refractivity contribution in [3.63, 3.8) is 0 Å². The van der Waals surface area contributed by atoms with Crippen LogP contribution in [0.5, 0.6) is 5.75 Å². The van der Waals surface area contributed by atoms with E-state index in [1.807, 2.05) is 0 Å². The number of hydrogen-bond donors (Lipinski definition) is 2. The summed E-state index contributed by atoms with van der Waals surface area (Å²) in [6.45, 7) is 2.26. The average Bonchev–Trinajstić information content (AvgIpc) is 2.89. The van der Waals surface area contributed by atoms with Crippen molar-refractivity contribution in [3.05, 3.63) is 30.2 Å². The molecule has 1 aromatic heterocycles. The number of aromatic nitrogens is 2. The topological polar surface area (TPSA) is 80.4 Å². The fourth-order valence-corrected chi connectivity index (χ4v) is 2.03. The monoisotopic (exact) mass is 261 g/mol. The minimum Gasteiger partial charge on any atom is -0.508 e. The van der Waals surface area contributed by atoms with Crippen molar-refractivity contribution in [2.45, 2.75) is 12.5 Å². The molecule has 1 aromatic carbocycles. The first kappa shape index (κ1) is 12.1. The van der Waals surface area contributed by atoms with Gasteiger partial charge in [0.1, 0.15) is 5.75 Å². The van der Waals surface area contributed by atoms with Gasteiger partial charge in [-0.2, -0.15) is 4.98 Å². The van der Waals surface area contributed by atoms with Gasteiger partial charge in [0.05, 0.1) is 13.2 Å². The molecule has 100 valence electrons. The fraction of sp³-hybridized carbons (Fsp3) is 0.385. The Morgan fingerprint density at radius 3 is 2.89 bits per heavy atom. The number of morpholine rings is 1. The summed E-state index contributed by atoms with van der Waals surface area (Å²) in [4.78, 5) is 4.35. The van der Waals surface area contributed by atoms with Crippen LogP contribution in [-0.2, 0) is 11.2 Å². The zero-order valence-corrected chi connectivity index (χ0v) is 10.4. The largest absolute Gasteiger partial charge is 0.508 e. The Morgan fingerprint density at radius 1 is 1.32 bits per heavy atom. The third kappa shape index (κ3) is 2.91. The summed E-state index contributed by atoms with van der Waals surface area (Å²) >= 11 is 0. The van der Waals surface area contributed by atoms with Crippen molar-refractivity contribution >= 4 is 0 Å². The van der Waals surface area contributed by atoms with Crippen LogP contribution in [0.15, 0.2) is 28.8 Å². The van der Waals surface area contributed by atoms with Gasteiger partial charge in [-0.05, 0) is 24.3 Å². The highest BCUT2D eigenvalue weighted by atomic mass is 16.5. The number of phenolic OH excluding ortho intramolecular Hbond substituents is 1. The summed E-state index contributed by atoms with van der Waals surface area (Å²) in [6.07, 6.45) is 0.658. The highest BCUT2D eigenvalue weighted by Crippen LogP contribution is 2.19. The van der Waals surface area contributed by atoms with Crippen LogP contribution >= 0.6 is 0 Å². The van der Waals surface area contributed by atoms with Crippen molar-refractivity contribution in [1.29, 1.82) is 0 Å². The maximum atomic E-state index is 9.24. The van der Waals surface area contributed by atoms with Gasteiger partial charge in [0.15, 0.2) is 0 Å². The number of hydrogen-bond acceptors (Lipinski definition) is 6. The Hall–Kier alpha value is -1.92. The van der Waals surface area contributed by atoms with E-state index in [1.165, 1.54) is 0 Å². The lowest BCUT2D eigenvalue weighted by atomic mass is 10.2. The molecule has 0 aliphatic carbocycles. The van der Waals surface area contributed by atoms with Crippen LogP contribution < -0.4 is 5.32 Å². The number of benzene rings is 1. The highest BCUT2D eigenvalue weighted by molar-refractivity contribution is 5.55. The molecular weight excluding hydrogens is 246 g/mol. The van der Waals surface area contributed by atoms with Crippen molar-refractivity contribution in [2.24, 2.45) is 0 Å². The molecule has 2 aromatic rings. The van der Waals surface area contributed by atoms with Crippen LogP contribution in [0.25, 0.3) is 11.4 Å². The smallest absolute Gasteiger partial charge is 0.228 e. The first-order chi connectivity index (χ1) is 9.31. The molecule has 0 spiro atoms. The van der Waals surface area contributed by atoms with Gasteiger partial charge in [-0.25, -0.2) is 0 Å². The van der Waals surface area contributed by atoms with Gasteiger partial charge < -0.3 is 19.7 Å². The molecule has 1 atom stereocenters. The highest BCUT2D eigenvalue weighted by Gasteiger charge is 2.17. The van der Waals surface area contributed by atoms with Gasteiger partial charge in [-0.1, -0.05) is 5.16 Å². The molecule has 1 unspecified atom stereocenters. The lowest BCUT2D eigenvalue weighted by Crippen LogP contribution is -2.42. The molecule has 0 bridgehead atoms. The normalized spacial score (nSPS) is 19.5. The van der Waals surface area contributed by atoms with E-state index in [0.717, 1.165) is 18.7 Å². The van der Waals surface area contributed by atoms with Crippen LogP contribution in [0.1, 0.15) is 5.89 Å².